The lowest BCUT2D eigenvalue weighted by atomic mass is 10.1. The first-order valence-electron chi connectivity index (χ1n) is 6.83. The molecule has 0 radical (unpaired) electrons. The van der Waals surface area contributed by atoms with E-state index in [-0.39, 0.29) is 0 Å². The lowest BCUT2D eigenvalue weighted by Crippen LogP contribution is -1.82. The van der Waals surface area contributed by atoms with E-state index in [0.29, 0.717) is 5.75 Å². The molecule has 0 aliphatic carbocycles. The zero-order valence-corrected chi connectivity index (χ0v) is 12.0. The molecule has 102 valence electrons. The minimum absolute atomic E-state index is 0.297. The number of allylic oxidation sites excluding steroid dienone is 2. The molecule has 0 heterocycles. The maximum Gasteiger partial charge on any atom is 0.115 e. The Kier molecular flexibility index (Phi) is 4.78. The molecule has 0 aliphatic heterocycles. The van der Waals surface area contributed by atoms with E-state index in [1.165, 1.54) is 16.7 Å². The molecule has 1 N–H and O–H groups in total. The van der Waals surface area contributed by atoms with E-state index < -0.39 is 0 Å². The Hall–Kier alpha value is -2.28. The molecule has 1 heteroatoms. The molecular weight excluding hydrogens is 244 g/mol. The van der Waals surface area contributed by atoms with Gasteiger partial charge in [-0.1, -0.05) is 60.2 Å². The van der Waals surface area contributed by atoms with E-state index in [9.17, 15) is 5.11 Å². The average Bonchev–Trinajstić information content (AvgIpc) is 2.45. The molecule has 0 spiro atoms. The lowest BCUT2D eigenvalue weighted by Gasteiger charge is -1.99. The zero-order valence-electron chi connectivity index (χ0n) is 12.0. The monoisotopic (exact) mass is 264 g/mol. The molecule has 20 heavy (non-hydrogen) atoms. The Bertz CT molecular complexity index is 597. The largest absolute Gasteiger partial charge is 0.508 e. The highest BCUT2D eigenvalue weighted by Crippen LogP contribution is 2.13. The topological polar surface area (TPSA) is 20.2 Å². The van der Waals surface area contributed by atoms with Crippen LogP contribution in [0.25, 0.3) is 12.2 Å². The van der Waals surface area contributed by atoms with Crippen LogP contribution in [0.5, 0.6) is 5.75 Å². The third kappa shape index (κ3) is 4.43. The second-order valence-electron chi connectivity index (χ2n) is 5.15. The number of rotatable bonds is 4. The van der Waals surface area contributed by atoms with Crippen molar-refractivity contribution in [1.82, 2.24) is 0 Å². The number of hydrogen-bond acceptors (Lipinski definition) is 1. The van der Waals surface area contributed by atoms with Gasteiger partial charge in [-0.25, -0.2) is 0 Å². The first kappa shape index (κ1) is 14.1. The Morgan fingerprint density at radius 1 is 0.850 bits per heavy atom. The predicted molar refractivity (Wildman–Crippen MR) is 86.6 cm³/mol. The van der Waals surface area contributed by atoms with Crippen molar-refractivity contribution in [2.24, 2.45) is 0 Å². The molecule has 0 aliphatic rings. The molecule has 2 aromatic carbocycles. The highest BCUT2D eigenvalue weighted by molar-refractivity contribution is 5.69. The van der Waals surface area contributed by atoms with Crippen molar-refractivity contribution in [2.45, 2.75) is 20.3 Å². The van der Waals surface area contributed by atoms with Crippen LogP contribution in [0.15, 0.2) is 60.2 Å². The Balaban J connectivity index is 2.03. The van der Waals surface area contributed by atoms with Gasteiger partial charge < -0.3 is 5.11 Å². The first-order chi connectivity index (χ1) is 9.63. The molecule has 0 saturated heterocycles. The normalized spacial score (nSPS) is 10.7. The van der Waals surface area contributed by atoms with Crippen molar-refractivity contribution in [2.75, 3.05) is 0 Å². The molecule has 0 amide bonds. The fourth-order valence-electron chi connectivity index (χ4n) is 1.86. The molecule has 0 unspecified atom stereocenters. The lowest BCUT2D eigenvalue weighted by molar-refractivity contribution is 0.475. The number of phenols is 1. The van der Waals surface area contributed by atoms with E-state index in [1.807, 2.05) is 18.2 Å². The summed E-state index contributed by atoms with van der Waals surface area (Å²) in [6.07, 6.45) is 7.35. The maximum absolute atomic E-state index is 9.23. The summed E-state index contributed by atoms with van der Waals surface area (Å²) in [6.45, 7) is 4.24. The van der Waals surface area contributed by atoms with Crippen molar-refractivity contribution in [3.05, 3.63) is 76.9 Å². The van der Waals surface area contributed by atoms with Gasteiger partial charge in [0, 0.05) is 0 Å². The first-order valence-corrected chi connectivity index (χ1v) is 6.83. The average molecular weight is 264 g/mol. The predicted octanol–water partition coefficient (Wildman–Crippen LogP) is 5.07. The van der Waals surface area contributed by atoms with E-state index in [4.69, 9.17) is 0 Å². The molecule has 0 bridgehead atoms. The second kappa shape index (κ2) is 6.76. The van der Waals surface area contributed by atoms with Gasteiger partial charge >= 0.3 is 0 Å². The highest BCUT2D eigenvalue weighted by atomic mass is 16.3. The quantitative estimate of drug-likeness (QED) is 0.603. The molecule has 0 fully saturated rings. The van der Waals surface area contributed by atoms with Crippen LogP contribution in [0, 0.1) is 0 Å². The molecular formula is C19H20O. The van der Waals surface area contributed by atoms with Gasteiger partial charge in [-0.3, -0.25) is 0 Å². The summed E-state index contributed by atoms with van der Waals surface area (Å²) < 4.78 is 0. The molecule has 0 aromatic heterocycles. The number of aromatic hydroxyl groups is 1. The van der Waals surface area contributed by atoms with Gasteiger partial charge in [-0.05, 0) is 49.1 Å². The summed E-state index contributed by atoms with van der Waals surface area (Å²) in [7, 11) is 0. The van der Waals surface area contributed by atoms with Crippen LogP contribution in [0.3, 0.4) is 0 Å². The Morgan fingerprint density at radius 3 is 1.85 bits per heavy atom. The van der Waals surface area contributed by atoms with Gasteiger partial charge in [0.1, 0.15) is 5.75 Å². The molecule has 0 saturated carbocycles. The van der Waals surface area contributed by atoms with Crippen LogP contribution in [-0.4, -0.2) is 5.11 Å². The molecule has 2 rings (SSSR count). The summed E-state index contributed by atoms with van der Waals surface area (Å²) in [6, 6.07) is 15.8. The van der Waals surface area contributed by atoms with E-state index in [2.05, 4.69) is 50.3 Å². The van der Waals surface area contributed by atoms with E-state index in [0.717, 1.165) is 12.0 Å². The van der Waals surface area contributed by atoms with Crippen molar-refractivity contribution in [1.29, 1.82) is 0 Å². The fraction of sp³-hybridized carbons (Fsp3) is 0.158. The summed E-state index contributed by atoms with van der Waals surface area (Å²) in [4.78, 5) is 0. The van der Waals surface area contributed by atoms with Crippen LogP contribution >= 0.6 is 0 Å². The van der Waals surface area contributed by atoms with Crippen LogP contribution in [0.1, 0.15) is 30.5 Å². The third-order valence-electron chi connectivity index (χ3n) is 3.09. The standard InChI is InChI=1S/C19H20O/c1-15(2)3-4-16-5-7-17(8-6-16)9-10-18-11-13-19(20)14-12-18/h3,5-14,20H,4H2,1-2H3. The van der Waals surface area contributed by atoms with E-state index in [1.54, 1.807) is 12.1 Å². The molecule has 0 atom stereocenters. The van der Waals surface area contributed by atoms with Crippen LogP contribution < -0.4 is 0 Å². The second-order valence-corrected chi connectivity index (χ2v) is 5.15. The smallest absolute Gasteiger partial charge is 0.115 e. The van der Waals surface area contributed by atoms with Crippen LogP contribution in [0.4, 0.5) is 0 Å². The van der Waals surface area contributed by atoms with Crippen LogP contribution in [-0.2, 0) is 6.42 Å². The zero-order chi connectivity index (χ0) is 14.4. The summed E-state index contributed by atoms with van der Waals surface area (Å²) in [5.41, 5.74) is 4.93. The van der Waals surface area contributed by atoms with Crippen molar-refractivity contribution in [3.8, 4) is 5.75 Å². The summed E-state index contributed by atoms with van der Waals surface area (Å²) in [5, 5.41) is 9.23. The van der Waals surface area contributed by atoms with Crippen molar-refractivity contribution in [3.63, 3.8) is 0 Å². The molecule has 1 nitrogen and oxygen atoms in total. The van der Waals surface area contributed by atoms with Crippen molar-refractivity contribution < 1.29 is 5.11 Å². The van der Waals surface area contributed by atoms with Crippen molar-refractivity contribution >= 4 is 12.2 Å². The van der Waals surface area contributed by atoms with Gasteiger partial charge in [-0.2, -0.15) is 0 Å². The van der Waals surface area contributed by atoms with Crippen LogP contribution in [0.2, 0.25) is 0 Å². The minimum atomic E-state index is 0.297. The Morgan fingerprint density at radius 2 is 1.35 bits per heavy atom. The third-order valence-corrected chi connectivity index (χ3v) is 3.09. The maximum atomic E-state index is 9.23. The van der Waals surface area contributed by atoms with Gasteiger partial charge in [0.25, 0.3) is 0 Å². The summed E-state index contributed by atoms with van der Waals surface area (Å²) in [5.74, 6) is 0.297. The van der Waals surface area contributed by atoms with Gasteiger partial charge in [0.15, 0.2) is 0 Å². The van der Waals surface area contributed by atoms with Gasteiger partial charge in [-0.15, -0.1) is 0 Å². The SMILES string of the molecule is CC(C)=CCc1ccc(C=Cc2ccc(O)cc2)cc1. The highest BCUT2D eigenvalue weighted by Gasteiger charge is 1.92. The van der Waals surface area contributed by atoms with Gasteiger partial charge in [0.2, 0.25) is 0 Å². The number of hydrogen-bond donors (Lipinski definition) is 1. The fourth-order valence-corrected chi connectivity index (χ4v) is 1.86. The number of benzene rings is 2. The Labute approximate surface area is 120 Å². The summed E-state index contributed by atoms with van der Waals surface area (Å²) >= 11 is 0. The molecule has 2 aromatic rings. The minimum Gasteiger partial charge on any atom is -0.508 e. The van der Waals surface area contributed by atoms with Gasteiger partial charge in [0.05, 0.1) is 0 Å². The number of phenolic OH excluding ortho intramolecular Hbond substituents is 1. The van der Waals surface area contributed by atoms with E-state index >= 15 is 0 Å².